The van der Waals surface area contributed by atoms with Gasteiger partial charge >= 0.3 is 0 Å². The van der Waals surface area contributed by atoms with Crippen molar-refractivity contribution >= 4 is 38.7 Å². The molecule has 1 aliphatic rings. The molecule has 1 aromatic heterocycles. The standard InChI is InChI=1S/C18H21N3O3S2/c1-13-4-8-15(9-5-13)19-20-18(22)14-6-10-16(11-7-14)21-26(23,24)17-3-2-12-25-17/h2-3,6-7,10-13,21H,4-5,8-9H2,1H3,(H,20,22). The van der Waals surface area contributed by atoms with Gasteiger partial charge in [0, 0.05) is 17.0 Å². The predicted octanol–water partition coefficient (Wildman–Crippen LogP) is 3.84. The van der Waals surface area contributed by atoms with E-state index in [1.165, 1.54) is 0 Å². The zero-order chi connectivity index (χ0) is 18.6. The third-order valence-corrected chi connectivity index (χ3v) is 7.10. The van der Waals surface area contributed by atoms with Crippen molar-refractivity contribution in [1.82, 2.24) is 5.43 Å². The minimum Gasteiger partial charge on any atom is -0.279 e. The lowest BCUT2D eigenvalue weighted by atomic mass is 9.90. The first-order valence-electron chi connectivity index (χ1n) is 8.46. The quantitative estimate of drug-likeness (QED) is 0.759. The number of thiophene rings is 1. The highest BCUT2D eigenvalue weighted by Gasteiger charge is 2.16. The van der Waals surface area contributed by atoms with Crippen molar-refractivity contribution in [3.8, 4) is 0 Å². The Bertz CT molecular complexity index is 878. The van der Waals surface area contributed by atoms with E-state index in [4.69, 9.17) is 0 Å². The molecule has 0 saturated heterocycles. The summed E-state index contributed by atoms with van der Waals surface area (Å²) in [4.78, 5) is 12.2. The number of hydrogen-bond donors (Lipinski definition) is 2. The van der Waals surface area contributed by atoms with Crippen LogP contribution in [0.1, 0.15) is 43.0 Å². The van der Waals surface area contributed by atoms with E-state index in [-0.39, 0.29) is 10.1 Å². The van der Waals surface area contributed by atoms with E-state index in [9.17, 15) is 13.2 Å². The molecule has 0 aliphatic heterocycles. The first kappa shape index (κ1) is 18.6. The minimum atomic E-state index is -3.59. The van der Waals surface area contributed by atoms with Gasteiger partial charge in [-0.05, 0) is 67.3 Å². The average Bonchev–Trinajstić information content (AvgIpc) is 3.17. The number of rotatable bonds is 5. The highest BCUT2D eigenvalue weighted by molar-refractivity contribution is 7.94. The number of anilines is 1. The average molecular weight is 392 g/mol. The van der Waals surface area contributed by atoms with Crippen LogP contribution in [0.3, 0.4) is 0 Å². The van der Waals surface area contributed by atoms with Crippen molar-refractivity contribution in [2.24, 2.45) is 11.0 Å². The third kappa shape index (κ3) is 4.70. The lowest BCUT2D eigenvalue weighted by Crippen LogP contribution is -2.21. The Hall–Kier alpha value is -2.19. The van der Waals surface area contributed by atoms with Crippen molar-refractivity contribution in [3.05, 3.63) is 47.3 Å². The number of benzene rings is 1. The van der Waals surface area contributed by atoms with Crippen molar-refractivity contribution in [1.29, 1.82) is 0 Å². The number of amides is 1. The van der Waals surface area contributed by atoms with Crippen molar-refractivity contribution in [2.45, 2.75) is 36.8 Å². The molecule has 6 nitrogen and oxygen atoms in total. The molecule has 1 fully saturated rings. The Morgan fingerprint density at radius 1 is 1.15 bits per heavy atom. The fraction of sp³-hybridized carbons (Fsp3) is 0.333. The van der Waals surface area contributed by atoms with Crippen molar-refractivity contribution in [2.75, 3.05) is 4.72 Å². The van der Waals surface area contributed by atoms with E-state index in [0.29, 0.717) is 11.3 Å². The van der Waals surface area contributed by atoms with Gasteiger partial charge in [0.1, 0.15) is 4.21 Å². The molecule has 8 heteroatoms. The molecule has 138 valence electrons. The van der Waals surface area contributed by atoms with Gasteiger partial charge in [-0.2, -0.15) is 5.10 Å². The smallest absolute Gasteiger partial charge is 0.271 e. The van der Waals surface area contributed by atoms with Gasteiger partial charge < -0.3 is 0 Å². The molecule has 1 aliphatic carbocycles. The Labute approximate surface area is 157 Å². The number of carbonyl (C=O) groups is 1. The van der Waals surface area contributed by atoms with Gasteiger partial charge in [0.05, 0.1) is 0 Å². The molecule has 1 saturated carbocycles. The molecule has 0 spiro atoms. The van der Waals surface area contributed by atoms with E-state index in [2.05, 4.69) is 22.2 Å². The second kappa shape index (κ2) is 8.01. The summed E-state index contributed by atoms with van der Waals surface area (Å²) in [6.07, 6.45) is 4.05. The van der Waals surface area contributed by atoms with Gasteiger partial charge in [0.15, 0.2) is 0 Å². The topological polar surface area (TPSA) is 87.6 Å². The number of sulfonamides is 1. The molecule has 1 aromatic carbocycles. The molecular formula is C18H21N3O3S2. The van der Waals surface area contributed by atoms with Crippen LogP contribution in [0, 0.1) is 5.92 Å². The van der Waals surface area contributed by atoms with Crippen LogP contribution in [-0.2, 0) is 10.0 Å². The number of hydrazone groups is 1. The summed E-state index contributed by atoms with van der Waals surface area (Å²) in [7, 11) is -3.59. The molecule has 0 unspecified atom stereocenters. The van der Waals surface area contributed by atoms with E-state index in [1.54, 1.807) is 41.8 Å². The number of hydrogen-bond acceptors (Lipinski definition) is 5. The highest BCUT2D eigenvalue weighted by atomic mass is 32.2. The maximum absolute atomic E-state index is 12.2. The van der Waals surface area contributed by atoms with Crippen LogP contribution in [0.4, 0.5) is 5.69 Å². The Morgan fingerprint density at radius 3 is 2.46 bits per heavy atom. The summed E-state index contributed by atoms with van der Waals surface area (Å²) in [5, 5.41) is 5.92. The third-order valence-electron chi connectivity index (χ3n) is 4.33. The van der Waals surface area contributed by atoms with E-state index in [1.807, 2.05) is 0 Å². The lowest BCUT2D eigenvalue weighted by molar-refractivity contribution is 0.0954. The van der Waals surface area contributed by atoms with Crippen LogP contribution >= 0.6 is 11.3 Å². The van der Waals surface area contributed by atoms with Crippen LogP contribution < -0.4 is 10.1 Å². The van der Waals surface area contributed by atoms with Crippen LogP contribution in [0.5, 0.6) is 0 Å². The minimum absolute atomic E-state index is 0.247. The number of nitrogens with one attached hydrogen (secondary N) is 2. The molecule has 0 atom stereocenters. The number of carbonyl (C=O) groups excluding carboxylic acids is 1. The Kier molecular flexibility index (Phi) is 5.73. The first-order valence-corrected chi connectivity index (χ1v) is 10.8. The highest BCUT2D eigenvalue weighted by Crippen LogP contribution is 2.22. The molecule has 0 radical (unpaired) electrons. The molecule has 1 amide bonds. The second-order valence-electron chi connectivity index (χ2n) is 6.42. The summed E-state index contributed by atoms with van der Waals surface area (Å²) in [5.41, 5.74) is 4.44. The SMILES string of the molecule is CC1CCC(=NNC(=O)c2ccc(NS(=O)(=O)c3cccs3)cc2)CC1. The van der Waals surface area contributed by atoms with Gasteiger partial charge in [0.25, 0.3) is 15.9 Å². The predicted molar refractivity (Wildman–Crippen MR) is 104 cm³/mol. The van der Waals surface area contributed by atoms with Gasteiger partial charge in [-0.1, -0.05) is 13.0 Å². The van der Waals surface area contributed by atoms with Crippen LogP contribution in [0.15, 0.2) is 51.1 Å². The monoisotopic (exact) mass is 391 g/mol. The Balaban J connectivity index is 1.60. The summed E-state index contributed by atoms with van der Waals surface area (Å²) in [6, 6.07) is 9.50. The summed E-state index contributed by atoms with van der Waals surface area (Å²) in [6.45, 7) is 2.23. The summed E-state index contributed by atoms with van der Waals surface area (Å²) >= 11 is 1.15. The van der Waals surface area contributed by atoms with Gasteiger partial charge in [0.2, 0.25) is 0 Å². The van der Waals surface area contributed by atoms with E-state index in [0.717, 1.165) is 48.6 Å². The zero-order valence-electron chi connectivity index (χ0n) is 14.4. The molecule has 2 aromatic rings. The van der Waals surface area contributed by atoms with Gasteiger partial charge in [-0.25, -0.2) is 13.8 Å². The largest absolute Gasteiger partial charge is 0.279 e. The molecule has 3 rings (SSSR count). The Morgan fingerprint density at radius 2 is 1.85 bits per heavy atom. The number of nitrogens with zero attached hydrogens (tertiary/aromatic N) is 1. The van der Waals surface area contributed by atoms with Crippen molar-refractivity contribution in [3.63, 3.8) is 0 Å². The second-order valence-corrected chi connectivity index (χ2v) is 9.27. The maximum Gasteiger partial charge on any atom is 0.271 e. The van der Waals surface area contributed by atoms with Gasteiger partial charge in [-0.3, -0.25) is 9.52 Å². The molecule has 2 N–H and O–H groups in total. The maximum atomic E-state index is 12.2. The van der Waals surface area contributed by atoms with Gasteiger partial charge in [-0.15, -0.1) is 11.3 Å². The fourth-order valence-corrected chi connectivity index (χ4v) is 4.76. The molecule has 1 heterocycles. The molecule has 0 bridgehead atoms. The normalized spacial score (nSPS) is 17.6. The van der Waals surface area contributed by atoms with Crippen LogP contribution in [0.2, 0.25) is 0 Å². The first-order chi connectivity index (χ1) is 12.4. The van der Waals surface area contributed by atoms with Crippen molar-refractivity contribution < 1.29 is 13.2 Å². The zero-order valence-corrected chi connectivity index (χ0v) is 16.1. The summed E-state index contributed by atoms with van der Waals surface area (Å²) < 4.78 is 27.1. The lowest BCUT2D eigenvalue weighted by Gasteiger charge is -2.18. The van der Waals surface area contributed by atoms with Crippen LogP contribution in [-0.4, -0.2) is 20.0 Å². The fourth-order valence-electron chi connectivity index (χ4n) is 2.71. The van der Waals surface area contributed by atoms with Crippen LogP contribution in [0.25, 0.3) is 0 Å². The van der Waals surface area contributed by atoms with E-state index >= 15 is 0 Å². The molecule has 26 heavy (non-hydrogen) atoms. The molecular weight excluding hydrogens is 370 g/mol. The van der Waals surface area contributed by atoms with E-state index < -0.39 is 10.0 Å². The summed E-state index contributed by atoms with van der Waals surface area (Å²) in [5.74, 6) is 0.416.